The van der Waals surface area contributed by atoms with E-state index < -0.39 is 17.8 Å². The van der Waals surface area contributed by atoms with E-state index in [1.807, 2.05) is 30.5 Å². The number of rotatable bonds is 6. The molecular formula is C23H21N3O5. The Labute approximate surface area is 178 Å². The molecule has 4 amide bonds. The maximum Gasteiger partial charge on any atom is 0.331 e. The zero-order valence-corrected chi connectivity index (χ0v) is 17.1. The van der Waals surface area contributed by atoms with Crippen LogP contribution in [0.25, 0.3) is 17.0 Å². The molecular weight excluding hydrogens is 398 g/mol. The highest BCUT2D eigenvalue weighted by atomic mass is 16.5. The van der Waals surface area contributed by atoms with E-state index in [9.17, 15) is 14.4 Å². The summed E-state index contributed by atoms with van der Waals surface area (Å²) < 4.78 is 10.5. The molecule has 2 aromatic carbocycles. The van der Waals surface area contributed by atoms with Crippen LogP contribution >= 0.6 is 0 Å². The van der Waals surface area contributed by atoms with Crippen LogP contribution in [0.1, 0.15) is 11.1 Å². The summed E-state index contributed by atoms with van der Waals surface area (Å²) in [6, 6.07) is 12.1. The molecule has 1 aliphatic heterocycles. The van der Waals surface area contributed by atoms with Crippen LogP contribution in [-0.2, 0) is 16.0 Å². The van der Waals surface area contributed by atoms with E-state index in [2.05, 4.69) is 10.3 Å². The summed E-state index contributed by atoms with van der Waals surface area (Å²) in [5.74, 6) is -0.369. The topological polar surface area (TPSA) is 101 Å². The summed E-state index contributed by atoms with van der Waals surface area (Å²) in [7, 11) is 3.01. The van der Waals surface area contributed by atoms with Gasteiger partial charge >= 0.3 is 6.03 Å². The number of barbiturate groups is 1. The number of urea groups is 1. The molecule has 1 fully saturated rings. The molecule has 4 rings (SSSR count). The lowest BCUT2D eigenvalue weighted by Gasteiger charge is -2.26. The van der Waals surface area contributed by atoms with Gasteiger partial charge in [-0.25, -0.2) is 4.79 Å². The number of imide groups is 2. The zero-order valence-electron chi connectivity index (χ0n) is 17.1. The average Bonchev–Trinajstić information content (AvgIpc) is 3.19. The van der Waals surface area contributed by atoms with Crippen LogP contribution in [0.4, 0.5) is 4.79 Å². The van der Waals surface area contributed by atoms with Crippen LogP contribution in [0.3, 0.4) is 0 Å². The average molecular weight is 419 g/mol. The van der Waals surface area contributed by atoms with Gasteiger partial charge in [-0.15, -0.1) is 0 Å². The Bertz CT molecular complexity index is 1210. The van der Waals surface area contributed by atoms with Gasteiger partial charge in [0.05, 0.1) is 14.2 Å². The third-order valence-corrected chi connectivity index (χ3v) is 5.21. The van der Waals surface area contributed by atoms with E-state index in [1.165, 1.54) is 20.3 Å². The number of methoxy groups -OCH3 is 2. The van der Waals surface area contributed by atoms with Crippen molar-refractivity contribution in [2.45, 2.75) is 6.42 Å². The van der Waals surface area contributed by atoms with E-state index in [0.29, 0.717) is 23.5 Å². The van der Waals surface area contributed by atoms with E-state index in [-0.39, 0.29) is 12.1 Å². The van der Waals surface area contributed by atoms with Gasteiger partial charge in [0.25, 0.3) is 11.8 Å². The number of fused-ring (bicyclic) bond motifs is 1. The Morgan fingerprint density at radius 2 is 1.84 bits per heavy atom. The molecule has 0 radical (unpaired) electrons. The van der Waals surface area contributed by atoms with Crippen molar-refractivity contribution in [3.63, 3.8) is 0 Å². The van der Waals surface area contributed by atoms with Crippen molar-refractivity contribution in [3.05, 3.63) is 65.4 Å². The van der Waals surface area contributed by atoms with Crippen LogP contribution in [0.5, 0.6) is 11.5 Å². The molecule has 158 valence electrons. The molecule has 8 heteroatoms. The Morgan fingerprint density at radius 1 is 1.03 bits per heavy atom. The van der Waals surface area contributed by atoms with Crippen molar-refractivity contribution >= 4 is 34.8 Å². The summed E-state index contributed by atoms with van der Waals surface area (Å²) in [4.78, 5) is 41.9. The molecule has 1 saturated heterocycles. The normalized spacial score (nSPS) is 15.5. The third-order valence-electron chi connectivity index (χ3n) is 5.21. The minimum absolute atomic E-state index is 0.136. The monoisotopic (exact) mass is 419 g/mol. The highest BCUT2D eigenvalue weighted by Gasteiger charge is 2.35. The Kier molecular flexibility index (Phi) is 5.44. The second-order valence-electron chi connectivity index (χ2n) is 6.99. The molecule has 8 nitrogen and oxygen atoms in total. The number of para-hydroxylation sites is 1. The summed E-state index contributed by atoms with van der Waals surface area (Å²) in [6.07, 6.45) is 3.73. The fourth-order valence-electron chi connectivity index (χ4n) is 3.56. The zero-order chi connectivity index (χ0) is 22.0. The number of benzene rings is 2. The van der Waals surface area contributed by atoms with E-state index in [1.54, 1.807) is 18.2 Å². The number of aromatic amines is 1. The van der Waals surface area contributed by atoms with Crippen molar-refractivity contribution in [1.29, 1.82) is 0 Å². The second-order valence-corrected chi connectivity index (χ2v) is 6.99. The standard InChI is InChI=1S/C23H21N3O5/c1-30-16-8-7-14(20(12-16)31-2)11-18-21(27)25-23(29)26(22(18)28)10-9-15-13-24-19-6-4-3-5-17(15)19/h3-8,11-13,24H,9-10H2,1-2H3,(H,25,27,29). The fraction of sp³-hybridized carbons (Fsp3) is 0.174. The molecule has 31 heavy (non-hydrogen) atoms. The van der Waals surface area contributed by atoms with Crippen molar-refractivity contribution < 1.29 is 23.9 Å². The molecule has 2 heterocycles. The first kappa shape index (κ1) is 20.2. The first-order valence-electron chi connectivity index (χ1n) is 9.67. The van der Waals surface area contributed by atoms with Crippen LogP contribution < -0.4 is 14.8 Å². The predicted octanol–water partition coefficient (Wildman–Crippen LogP) is 2.89. The molecule has 0 spiro atoms. The van der Waals surface area contributed by atoms with Gasteiger partial charge in [0, 0.05) is 35.3 Å². The number of hydrogen-bond acceptors (Lipinski definition) is 5. The molecule has 1 aliphatic rings. The Morgan fingerprint density at radius 3 is 2.61 bits per heavy atom. The number of carbonyl (C=O) groups is 3. The minimum Gasteiger partial charge on any atom is -0.497 e. The summed E-state index contributed by atoms with van der Waals surface area (Å²) in [5.41, 5.74) is 2.35. The molecule has 0 atom stereocenters. The molecule has 3 aromatic rings. The number of hydrogen-bond donors (Lipinski definition) is 2. The van der Waals surface area contributed by atoms with Gasteiger partial charge in [-0.1, -0.05) is 18.2 Å². The lowest BCUT2D eigenvalue weighted by atomic mass is 10.1. The molecule has 2 N–H and O–H groups in total. The van der Waals surface area contributed by atoms with Crippen LogP contribution in [0.2, 0.25) is 0 Å². The Hall–Kier alpha value is -4.07. The van der Waals surface area contributed by atoms with Crippen LogP contribution in [0.15, 0.2) is 54.2 Å². The van der Waals surface area contributed by atoms with Crippen molar-refractivity contribution in [1.82, 2.24) is 15.2 Å². The maximum atomic E-state index is 13.0. The number of nitrogens with zero attached hydrogens (tertiary/aromatic N) is 1. The highest BCUT2D eigenvalue weighted by molar-refractivity contribution is 6.31. The number of aromatic nitrogens is 1. The quantitative estimate of drug-likeness (QED) is 0.473. The fourth-order valence-corrected chi connectivity index (χ4v) is 3.56. The van der Waals surface area contributed by atoms with E-state index in [0.717, 1.165) is 21.4 Å². The van der Waals surface area contributed by atoms with Gasteiger partial charge in [-0.2, -0.15) is 0 Å². The smallest absolute Gasteiger partial charge is 0.331 e. The molecule has 0 saturated carbocycles. The third kappa shape index (κ3) is 3.87. The van der Waals surface area contributed by atoms with Gasteiger partial charge in [0.1, 0.15) is 17.1 Å². The summed E-state index contributed by atoms with van der Waals surface area (Å²) in [5, 5.41) is 3.27. The van der Waals surface area contributed by atoms with Gasteiger partial charge < -0.3 is 14.5 Å². The second kappa shape index (κ2) is 8.35. The molecule has 1 aromatic heterocycles. The van der Waals surface area contributed by atoms with E-state index in [4.69, 9.17) is 9.47 Å². The number of H-pyrrole nitrogens is 1. The van der Waals surface area contributed by atoms with Gasteiger partial charge in [0.2, 0.25) is 0 Å². The predicted molar refractivity (Wildman–Crippen MR) is 115 cm³/mol. The largest absolute Gasteiger partial charge is 0.497 e. The highest BCUT2D eigenvalue weighted by Crippen LogP contribution is 2.27. The first-order chi connectivity index (χ1) is 15.0. The van der Waals surface area contributed by atoms with Crippen molar-refractivity contribution in [2.24, 2.45) is 0 Å². The number of carbonyl (C=O) groups excluding carboxylic acids is 3. The van der Waals surface area contributed by atoms with Crippen LogP contribution in [-0.4, -0.2) is 48.5 Å². The van der Waals surface area contributed by atoms with Crippen molar-refractivity contribution in [2.75, 3.05) is 20.8 Å². The minimum atomic E-state index is -0.740. The lowest BCUT2D eigenvalue weighted by molar-refractivity contribution is -0.130. The number of ether oxygens (including phenoxy) is 2. The summed E-state index contributed by atoms with van der Waals surface area (Å²) >= 11 is 0. The Balaban J connectivity index is 1.59. The van der Waals surface area contributed by atoms with E-state index >= 15 is 0 Å². The first-order valence-corrected chi connectivity index (χ1v) is 9.67. The molecule has 0 bridgehead atoms. The van der Waals surface area contributed by atoms with Gasteiger partial charge in [0.15, 0.2) is 0 Å². The summed E-state index contributed by atoms with van der Waals surface area (Å²) in [6.45, 7) is 0.136. The van der Waals surface area contributed by atoms with Crippen molar-refractivity contribution in [3.8, 4) is 11.5 Å². The SMILES string of the molecule is COc1ccc(C=C2C(=O)NC(=O)N(CCc3c[nH]c4ccccc34)C2=O)c(OC)c1. The maximum absolute atomic E-state index is 13.0. The number of amides is 4. The van der Waals surface area contributed by atoms with Crippen LogP contribution in [0, 0.1) is 0 Å². The van der Waals surface area contributed by atoms with Gasteiger partial charge in [-0.3, -0.25) is 19.8 Å². The molecule has 0 aliphatic carbocycles. The lowest BCUT2D eigenvalue weighted by Crippen LogP contribution is -2.54. The van der Waals surface area contributed by atoms with Gasteiger partial charge in [-0.05, 0) is 36.3 Å². The molecule has 0 unspecified atom stereocenters. The number of nitrogens with one attached hydrogen (secondary N) is 2.